The minimum absolute atomic E-state index is 0.0907. The first kappa shape index (κ1) is 12.8. The number of anilines is 2. The second-order valence-electron chi connectivity index (χ2n) is 4.16. The predicted molar refractivity (Wildman–Crippen MR) is 73.3 cm³/mol. The second-order valence-corrected chi connectivity index (χ2v) is 4.16. The van der Waals surface area contributed by atoms with Gasteiger partial charge in [0.2, 0.25) is 11.9 Å². The van der Waals surface area contributed by atoms with Crippen LogP contribution in [0.4, 0.5) is 11.9 Å². The zero-order valence-electron chi connectivity index (χ0n) is 11.2. The molecular formula is C11H12N10. The number of aromatic nitrogens is 8. The van der Waals surface area contributed by atoms with Gasteiger partial charge in [0.05, 0.1) is 24.1 Å². The molecule has 3 aromatic heterocycles. The van der Waals surface area contributed by atoms with E-state index < -0.39 is 0 Å². The minimum Gasteiger partial charge on any atom is -0.368 e. The van der Waals surface area contributed by atoms with E-state index >= 15 is 0 Å². The van der Waals surface area contributed by atoms with Gasteiger partial charge in [0.1, 0.15) is 12.7 Å². The fourth-order valence-electron chi connectivity index (χ4n) is 1.55. The average molecular weight is 284 g/mol. The Kier molecular flexibility index (Phi) is 3.33. The molecule has 0 atom stereocenters. The molecular weight excluding hydrogens is 272 g/mol. The van der Waals surface area contributed by atoms with Crippen LogP contribution in [0.3, 0.4) is 0 Å². The number of aryl methyl sites for hydroxylation is 1. The number of rotatable bonds is 4. The van der Waals surface area contributed by atoms with Crippen molar-refractivity contribution < 1.29 is 0 Å². The van der Waals surface area contributed by atoms with E-state index in [4.69, 9.17) is 5.73 Å². The molecule has 0 saturated carbocycles. The summed E-state index contributed by atoms with van der Waals surface area (Å²) in [6, 6.07) is 0. The van der Waals surface area contributed by atoms with Crippen molar-refractivity contribution in [3.63, 3.8) is 0 Å². The van der Waals surface area contributed by atoms with Crippen LogP contribution in [0.1, 0.15) is 11.4 Å². The lowest BCUT2D eigenvalue weighted by Gasteiger charge is -2.06. The topological polar surface area (TPSA) is 133 Å². The molecule has 0 radical (unpaired) electrons. The number of nitrogens with one attached hydrogen (secondary N) is 1. The molecule has 0 aliphatic heterocycles. The van der Waals surface area contributed by atoms with Crippen molar-refractivity contribution in [2.45, 2.75) is 13.5 Å². The van der Waals surface area contributed by atoms with Gasteiger partial charge < -0.3 is 11.1 Å². The van der Waals surface area contributed by atoms with Gasteiger partial charge in [-0.05, 0) is 6.92 Å². The van der Waals surface area contributed by atoms with Crippen LogP contribution >= 0.6 is 0 Å². The third-order valence-electron chi connectivity index (χ3n) is 2.53. The van der Waals surface area contributed by atoms with E-state index in [0.29, 0.717) is 12.5 Å². The molecule has 3 heterocycles. The number of nitrogens with zero attached hydrogens (tertiary/aromatic N) is 8. The van der Waals surface area contributed by atoms with Gasteiger partial charge in [-0.1, -0.05) is 0 Å². The first-order chi connectivity index (χ1) is 10.2. The van der Waals surface area contributed by atoms with Crippen LogP contribution in [0.2, 0.25) is 0 Å². The lowest BCUT2D eigenvalue weighted by Crippen LogP contribution is -2.12. The molecule has 0 unspecified atom stereocenters. The number of hydrogen-bond donors (Lipinski definition) is 2. The quantitative estimate of drug-likeness (QED) is 0.664. The fourth-order valence-corrected chi connectivity index (χ4v) is 1.55. The van der Waals surface area contributed by atoms with Crippen LogP contribution in [-0.4, -0.2) is 39.7 Å². The van der Waals surface area contributed by atoms with Crippen LogP contribution in [0, 0.1) is 6.92 Å². The Morgan fingerprint density at radius 1 is 1.19 bits per heavy atom. The van der Waals surface area contributed by atoms with Gasteiger partial charge in [-0.15, -0.1) is 0 Å². The van der Waals surface area contributed by atoms with Gasteiger partial charge in [0.15, 0.2) is 0 Å². The molecule has 21 heavy (non-hydrogen) atoms. The zero-order chi connectivity index (χ0) is 14.7. The summed E-state index contributed by atoms with van der Waals surface area (Å²) in [4.78, 5) is 24.4. The molecule has 0 fully saturated rings. The van der Waals surface area contributed by atoms with Crippen molar-refractivity contribution >= 4 is 11.9 Å². The highest BCUT2D eigenvalue weighted by Gasteiger charge is 2.07. The molecule has 0 aliphatic rings. The fraction of sp³-hybridized carbons (Fsp3) is 0.182. The van der Waals surface area contributed by atoms with Crippen molar-refractivity contribution in [2.75, 3.05) is 11.1 Å². The minimum atomic E-state index is 0.0907. The highest BCUT2D eigenvalue weighted by molar-refractivity contribution is 5.34. The molecule has 3 N–H and O–H groups in total. The Hall–Kier alpha value is -3.17. The summed E-state index contributed by atoms with van der Waals surface area (Å²) in [6.45, 7) is 2.30. The third kappa shape index (κ3) is 3.05. The monoisotopic (exact) mass is 284 g/mol. The van der Waals surface area contributed by atoms with E-state index in [1.807, 2.05) is 6.92 Å². The van der Waals surface area contributed by atoms with Crippen molar-refractivity contribution in [3.8, 4) is 5.95 Å². The van der Waals surface area contributed by atoms with Crippen LogP contribution in [-0.2, 0) is 6.54 Å². The van der Waals surface area contributed by atoms with Crippen molar-refractivity contribution in [1.82, 2.24) is 39.7 Å². The first-order valence-electron chi connectivity index (χ1n) is 6.08. The molecule has 0 amide bonds. The Balaban J connectivity index is 1.78. The molecule has 0 aromatic carbocycles. The molecule has 3 rings (SSSR count). The molecule has 0 saturated heterocycles. The second kappa shape index (κ2) is 5.45. The maximum absolute atomic E-state index is 5.66. The van der Waals surface area contributed by atoms with Crippen LogP contribution < -0.4 is 11.1 Å². The molecule has 10 heteroatoms. The molecule has 106 valence electrons. The molecule has 0 spiro atoms. The Morgan fingerprint density at radius 3 is 2.81 bits per heavy atom. The summed E-state index contributed by atoms with van der Waals surface area (Å²) in [6.07, 6.45) is 6.24. The normalized spacial score (nSPS) is 10.5. The van der Waals surface area contributed by atoms with Crippen molar-refractivity contribution in [3.05, 3.63) is 36.4 Å². The lowest BCUT2D eigenvalue weighted by molar-refractivity contribution is 0.796. The molecule has 10 nitrogen and oxygen atoms in total. The van der Waals surface area contributed by atoms with Gasteiger partial charge in [-0.3, -0.25) is 9.97 Å². The van der Waals surface area contributed by atoms with Crippen molar-refractivity contribution in [2.24, 2.45) is 0 Å². The van der Waals surface area contributed by atoms with E-state index in [9.17, 15) is 0 Å². The largest absolute Gasteiger partial charge is 0.368 e. The van der Waals surface area contributed by atoms with Gasteiger partial charge >= 0.3 is 0 Å². The van der Waals surface area contributed by atoms with Gasteiger partial charge in [-0.2, -0.15) is 24.7 Å². The summed E-state index contributed by atoms with van der Waals surface area (Å²) in [5.74, 6) is 0.709. The number of nitrogens with two attached hydrogens (primary N) is 1. The molecule has 0 bridgehead atoms. The van der Waals surface area contributed by atoms with Gasteiger partial charge in [0.25, 0.3) is 5.95 Å². The Bertz CT molecular complexity index is 721. The predicted octanol–water partition coefficient (Wildman–Crippen LogP) is -0.255. The molecule has 3 aromatic rings. The van der Waals surface area contributed by atoms with Crippen molar-refractivity contribution in [1.29, 1.82) is 0 Å². The number of hydrogen-bond acceptors (Lipinski definition) is 9. The van der Waals surface area contributed by atoms with E-state index in [1.54, 1.807) is 12.4 Å². The third-order valence-corrected chi connectivity index (χ3v) is 2.53. The summed E-state index contributed by atoms with van der Waals surface area (Å²) >= 11 is 0. The van der Waals surface area contributed by atoms with Crippen LogP contribution in [0.5, 0.6) is 0 Å². The highest BCUT2D eigenvalue weighted by Crippen LogP contribution is 2.07. The smallest absolute Gasteiger partial charge is 0.258 e. The highest BCUT2D eigenvalue weighted by atomic mass is 15.4. The van der Waals surface area contributed by atoms with Crippen LogP contribution in [0.25, 0.3) is 5.95 Å². The first-order valence-corrected chi connectivity index (χ1v) is 6.08. The van der Waals surface area contributed by atoms with E-state index in [1.165, 1.54) is 17.3 Å². The Morgan fingerprint density at radius 2 is 2.10 bits per heavy atom. The average Bonchev–Trinajstić information content (AvgIpc) is 3.00. The van der Waals surface area contributed by atoms with E-state index in [-0.39, 0.29) is 11.9 Å². The molecule has 0 aliphatic carbocycles. The maximum Gasteiger partial charge on any atom is 0.258 e. The summed E-state index contributed by atoms with van der Waals surface area (Å²) in [5, 5.41) is 6.96. The lowest BCUT2D eigenvalue weighted by atomic mass is 10.4. The summed E-state index contributed by atoms with van der Waals surface area (Å²) < 4.78 is 1.40. The SMILES string of the molecule is Cc1cnc(CNc2nc(N)nc(-n3cncn3)n2)cn1. The Labute approximate surface area is 119 Å². The zero-order valence-corrected chi connectivity index (χ0v) is 11.2. The number of nitrogen functional groups attached to an aromatic ring is 1. The van der Waals surface area contributed by atoms with Crippen LogP contribution in [0.15, 0.2) is 25.0 Å². The summed E-state index contributed by atoms with van der Waals surface area (Å²) in [7, 11) is 0. The summed E-state index contributed by atoms with van der Waals surface area (Å²) in [5.41, 5.74) is 7.29. The maximum atomic E-state index is 5.66. The van der Waals surface area contributed by atoms with Gasteiger partial charge in [-0.25, -0.2) is 4.98 Å². The van der Waals surface area contributed by atoms with Gasteiger partial charge in [0, 0.05) is 6.20 Å². The van der Waals surface area contributed by atoms with E-state index in [2.05, 4.69) is 40.3 Å². The van der Waals surface area contributed by atoms with E-state index in [0.717, 1.165) is 11.4 Å². The standard InChI is InChI=1S/C11H12N10/c1-7-2-15-8(3-14-7)4-16-10-18-9(12)19-11(20-10)21-6-13-5-17-21/h2-3,5-6H,4H2,1H3,(H3,12,16,18,19,20).